The largest absolute Gasteiger partial charge is 0.341 e. The highest BCUT2D eigenvalue weighted by atomic mass is 32.2. The molecule has 9 heteroatoms. The van der Waals surface area contributed by atoms with Crippen LogP contribution >= 0.6 is 11.7 Å². The minimum absolute atomic E-state index is 0.107. The molecule has 1 atom stereocenters. The summed E-state index contributed by atoms with van der Waals surface area (Å²) in [5, 5.41) is 0. The standard InChI is InChI=1S/C20H20N4O3S2/c25-20(23-10-3-4-11-23)17-12-14-6-1-2-7-15(14)13-24(17)29(26,27)18-9-5-8-16-19(18)22-28-21-16/h1-2,5-9,17H,3-4,10-13H2/t17-/m1/s1. The van der Waals surface area contributed by atoms with Crippen LogP contribution in [0, 0.1) is 0 Å². The van der Waals surface area contributed by atoms with Crippen LogP contribution in [0.15, 0.2) is 47.4 Å². The number of amides is 1. The first-order valence-electron chi connectivity index (χ1n) is 9.64. The van der Waals surface area contributed by atoms with Crippen molar-refractivity contribution in [2.24, 2.45) is 0 Å². The summed E-state index contributed by atoms with van der Waals surface area (Å²) in [6.07, 6.45) is 2.31. The van der Waals surface area contributed by atoms with E-state index in [9.17, 15) is 13.2 Å². The van der Waals surface area contributed by atoms with Crippen LogP contribution in [0.5, 0.6) is 0 Å². The van der Waals surface area contributed by atoms with E-state index in [1.165, 1.54) is 4.31 Å². The predicted molar refractivity (Wildman–Crippen MR) is 110 cm³/mol. The topological polar surface area (TPSA) is 83.5 Å². The van der Waals surface area contributed by atoms with Crippen LogP contribution in [-0.4, -0.2) is 51.4 Å². The first-order valence-corrected chi connectivity index (χ1v) is 11.8. The fraction of sp³-hybridized carbons (Fsp3) is 0.350. The Hall–Kier alpha value is -2.36. The smallest absolute Gasteiger partial charge is 0.246 e. The summed E-state index contributed by atoms with van der Waals surface area (Å²) < 4.78 is 37.2. The van der Waals surface area contributed by atoms with Gasteiger partial charge < -0.3 is 4.90 Å². The van der Waals surface area contributed by atoms with E-state index in [0.717, 1.165) is 35.7 Å². The van der Waals surface area contributed by atoms with Crippen LogP contribution in [0.4, 0.5) is 0 Å². The molecule has 3 aromatic rings. The molecule has 2 aliphatic heterocycles. The normalized spacial score (nSPS) is 20.1. The van der Waals surface area contributed by atoms with E-state index in [1.807, 2.05) is 24.3 Å². The minimum Gasteiger partial charge on any atom is -0.341 e. The first kappa shape index (κ1) is 18.7. The van der Waals surface area contributed by atoms with Gasteiger partial charge in [-0.25, -0.2) is 8.42 Å². The van der Waals surface area contributed by atoms with E-state index in [4.69, 9.17) is 0 Å². The summed E-state index contributed by atoms with van der Waals surface area (Å²) in [5.41, 5.74) is 2.88. The van der Waals surface area contributed by atoms with Crippen LogP contribution in [0.3, 0.4) is 0 Å². The van der Waals surface area contributed by atoms with Crippen molar-refractivity contribution in [3.63, 3.8) is 0 Å². The fourth-order valence-corrected chi connectivity index (χ4v) is 6.54. The van der Waals surface area contributed by atoms with Crippen LogP contribution < -0.4 is 0 Å². The van der Waals surface area contributed by atoms with Crippen molar-refractivity contribution in [3.05, 3.63) is 53.6 Å². The van der Waals surface area contributed by atoms with Crippen molar-refractivity contribution in [1.82, 2.24) is 18.0 Å². The molecule has 0 aliphatic carbocycles. The van der Waals surface area contributed by atoms with Gasteiger partial charge >= 0.3 is 0 Å². The number of fused-ring (bicyclic) bond motifs is 2. The van der Waals surface area contributed by atoms with Gasteiger partial charge in [-0.3, -0.25) is 4.79 Å². The van der Waals surface area contributed by atoms with Crippen LogP contribution in [0.2, 0.25) is 0 Å². The molecule has 2 aliphatic rings. The summed E-state index contributed by atoms with van der Waals surface area (Å²) >= 11 is 0.988. The van der Waals surface area contributed by atoms with E-state index < -0.39 is 16.1 Å². The Bertz CT molecular complexity index is 1190. The summed E-state index contributed by atoms with van der Waals surface area (Å²) in [7, 11) is -3.93. The molecule has 7 nitrogen and oxygen atoms in total. The summed E-state index contributed by atoms with van der Waals surface area (Å²) in [4.78, 5) is 15.2. The molecular weight excluding hydrogens is 408 g/mol. The molecule has 1 fully saturated rings. The van der Waals surface area contributed by atoms with Crippen LogP contribution in [-0.2, 0) is 27.8 Å². The van der Waals surface area contributed by atoms with Gasteiger partial charge in [0.15, 0.2) is 0 Å². The zero-order chi connectivity index (χ0) is 20.0. The van der Waals surface area contributed by atoms with Gasteiger partial charge in [0.2, 0.25) is 15.9 Å². The summed E-state index contributed by atoms with van der Waals surface area (Å²) in [6, 6.07) is 12.0. The molecule has 2 aromatic carbocycles. The third-order valence-electron chi connectivity index (χ3n) is 5.74. The van der Waals surface area contributed by atoms with Crippen molar-refractivity contribution in [2.45, 2.75) is 36.7 Å². The van der Waals surface area contributed by atoms with Crippen molar-refractivity contribution >= 4 is 38.7 Å². The quantitative estimate of drug-likeness (QED) is 0.640. The highest BCUT2D eigenvalue weighted by Gasteiger charge is 2.42. The van der Waals surface area contributed by atoms with Crippen molar-refractivity contribution in [2.75, 3.05) is 13.1 Å². The van der Waals surface area contributed by atoms with Crippen molar-refractivity contribution in [1.29, 1.82) is 0 Å². The summed E-state index contributed by atoms with van der Waals surface area (Å²) in [5.74, 6) is -0.107. The number of sulfonamides is 1. The van der Waals surface area contributed by atoms with Crippen molar-refractivity contribution in [3.8, 4) is 0 Å². The van der Waals surface area contributed by atoms with Gasteiger partial charge in [-0.05, 0) is 42.5 Å². The second kappa shape index (κ2) is 7.16. The number of aromatic nitrogens is 2. The molecule has 0 saturated carbocycles. The second-order valence-electron chi connectivity index (χ2n) is 7.46. The number of hydrogen-bond acceptors (Lipinski definition) is 6. The number of likely N-dealkylation sites (tertiary alicyclic amines) is 1. The number of benzene rings is 2. The van der Waals surface area contributed by atoms with E-state index in [2.05, 4.69) is 8.75 Å². The maximum atomic E-state index is 13.7. The molecule has 150 valence electrons. The highest BCUT2D eigenvalue weighted by Crippen LogP contribution is 2.32. The molecule has 1 saturated heterocycles. The Balaban J connectivity index is 1.61. The van der Waals surface area contributed by atoms with Gasteiger partial charge in [0, 0.05) is 19.6 Å². The SMILES string of the molecule is O=C([C@H]1Cc2ccccc2CN1S(=O)(=O)c1cccc2nsnc12)N1CCCC1. The van der Waals surface area contributed by atoms with Gasteiger partial charge in [0.05, 0.1) is 11.7 Å². The third-order valence-corrected chi connectivity index (χ3v) is 8.17. The van der Waals surface area contributed by atoms with Gasteiger partial charge in [-0.15, -0.1) is 0 Å². The Morgan fingerprint density at radius 1 is 1.00 bits per heavy atom. The lowest BCUT2D eigenvalue weighted by Gasteiger charge is -2.36. The number of rotatable bonds is 3. The minimum atomic E-state index is -3.93. The molecule has 0 bridgehead atoms. The number of nitrogens with zero attached hydrogens (tertiary/aromatic N) is 4. The van der Waals surface area contributed by atoms with E-state index in [0.29, 0.717) is 30.5 Å². The number of hydrogen-bond donors (Lipinski definition) is 0. The fourth-order valence-electron chi connectivity index (χ4n) is 4.23. The Morgan fingerprint density at radius 2 is 1.76 bits per heavy atom. The molecule has 1 amide bonds. The molecule has 0 spiro atoms. The highest BCUT2D eigenvalue weighted by molar-refractivity contribution is 7.89. The zero-order valence-electron chi connectivity index (χ0n) is 15.7. The number of carbonyl (C=O) groups is 1. The Morgan fingerprint density at radius 3 is 2.55 bits per heavy atom. The first-order chi connectivity index (χ1) is 14.1. The average molecular weight is 429 g/mol. The molecule has 3 heterocycles. The zero-order valence-corrected chi connectivity index (χ0v) is 17.3. The Labute approximate surface area is 173 Å². The third kappa shape index (κ3) is 3.13. The van der Waals surface area contributed by atoms with Crippen LogP contribution in [0.1, 0.15) is 24.0 Å². The van der Waals surface area contributed by atoms with E-state index >= 15 is 0 Å². The number of carbonyl (C=O) groups excluding carboxylic acids is 1. The molecule has 0 unspecified atom stereocenters. The monoisotopic (exact) mass is 428 g/mol. The average Bonchev–Trinajstić information content (AvgIpc) is 3.43. The molecule has 5 rings (SSSR count). The lowest BCUT2D eigenvalue weighted by molar-refractivity contribution is -0.134. The lowest BCUT2D eigenvalue weighted by atomic mass is 9.95. The van der Waals surface area contributed by atoms with Gasteiger partial charge in [0.25, 0.3) is 0 Å². The van der Waals surface area contributed by atoms with Gasteiger partial charge in [-0.2, -0.15) is 13.1 Å². The lowest BCUT2D eigenvalue weighted by Crippen LogP contribution is -2.53. The molecule has 29 heavy (non-hydrogen) atoms. The predicted octanol–water partition coefficient (Wildman–Crippen LogP) is 2.43. The molecule has 1 aromatic heterocycles. The summed E-state index contributed by atoms with van der Waals surface area (Å²) in [6.45, 7) is 1.56. The van der Waals surface area contributed by atoms with Gasteiger partial charge in [-0.1, -0.05) is 30.3 Å². The molecule has 0 N–H and O–H groups in total. The van der Waals surface area contributed by atoms with E-state index in [-0.39, 0.29) is 17.3 Å². The molecule has 0 radical (unpaired) electrons. The van der Waals surface area contributed by atoms with Crippen LogP contribution in [0.25, 0.3) is 11.0 Å². The van der Waals surface area contributed by atoms with Gasteiger partial charge in [0.1, 0.15) is 22.0 Å². The van der Waals surface area contributed by atoms with Crippen molar-refractivity contribution < 1.29 is 13.2 Å². The van der Waals surface area contributed by atoms with E-state index in [1.54, 1.807) is 23.1 Å². The second-order valence-corrected chi connectivity index (χ2v) is 9.85. The maximum absolute atomic E-state index is 13.7. The maximum Gasteiger partial charge on any atom is 0.246 e. The molecular formula is C20H20N4O3S2. The Kier molecular flexibility index (Phi) is 4.60.